The Hall–Kier alpha value is -2.53. The fourth-order valence-corrected chi connectivity index (χ4v) is 2.99. The highest BCUT2D eigenvalue weighted by Gasteiger charge is 2.28. The van der Waals surface area contributed by atoms with E-state index in [4.69, 9.17) is 16.3 Å². The van der Waals surface area contributed by atoms with E-state index in [1.807, 2.05) is 57.2 Å². The van der Waals surface area contributed by atoms with Gasteiger partial charge < -0.3 is 15.0 Å². The van der Waals surface area contributed by atoms with Gasteiger partial charge in [0, 0.05) is 17.1 Å². The topological polar surface area (TPSA) is 58.6 Å². The molecule has 2 rings (SSSR count). The van der Waals surface area contributed by atoms with Crippen LogP contribution in [0.15, 0.2) is 48.5 Å². The number of amides is 2. The van der Waals surface area contributed by atoms with Gasteiger partial charge >= 0.3 is 0 Å². The van der Waals surface area contributed by atoms with Crippen LogP contribution in [0.4, 0.5) is 0 Å². The summed E-state index contributed by atoms with van der Waals surface area (Å²) in [6, 6.07) is 14.0. The Morgan fingerprint density at radius 2 is 1.59 bits per heavy atom. The zero-order valence-electron chi connectivity index (χ0n) is 17.7. The van der Waals surface area contributed by atoms with E-state index in [0.29, 0.717) is 11.6 Å². The van der Waals surface area contributed by atoms with Crippen molar-refractivity contribution < 1.29 is 14.3 Å². The normalized spacial score (nSPS) is 12.2. The minimum absolute atomic E-state index is 0.125. The van der Waals surface area contributed by atoms with Crippen molar-refractivity contribution in [3.63, 3.8) is 0 Å². The predicted octanol–water partition coefficient (Wildman–Crippen LogP) is 4.22. The number of rotatable bonds is 7. The Labute approximate surface area is 178 Å². The molecule has 2 aromatic rings. The van der Waals surface area contributed by atoms with E-state index in [1.54, 1.807) is 31.1 Å². The second-order valence-corrected chi connectivity index (χ2v) is 8.52. The van der Waals surface area contributed by atoms with E-state index in [9.17, 15) is 9.59 Å². The van der Waals surface area contributed by atoms with Crippen molar-refractivity contribution in [1.29, 1.82) is 0 Å². The van der Waals surface area contributed by atoms with Crippen molar-refractivity contribution in [3.05, 3.63) is 64.7 Å². The molecule has 6 heteroatoms. The van der Waals surface area contributed by atoms with E-state index < -0.39 is 6.04 Å². The molecule has 0 aliphatic heterocycles. The standard InChI is InChI=1S/C23H29ClN2O3/c1-16(22(28)25-23(2,3)4)26(15-18-8-12-20(29-5)13-9-18)21(27)14-17-6-10-19(24)11-7-17/h6-13,16H,14-15H2,1-5H3,(H,25,28)/t16-/m0/s1. The van der Waals surface area contributed by atoms with Crippen LogP contribution in [0.25, 0.3) is 0 Å². The summed E-state index contributed by atoms with van der Waals surface area (Å²) >= 11 is 5.94. The van der Waals surface area contributed by atoms with Crippen LogP contribution in [0.3, 0.4) is 0 Å². The van der Waals surface area contributed by atoms with Crippen molar-refractivity contribution in [1.82, 2.24) is 10.2 Å². The van der Waals surface area contributed by atoms with Gasteiger partial charge in [0.2, 0.25) is 11.8 Å². The van der Waals surface area contributed by atoms with Crippen LogP contribution in [0.2, 0.25) is 5.02 Å². The molecule has 0 saturated carbocycles. The molecule has 0 unspecified atom stereocenters. The number of nitrogens with one attached hydrogen (secondary N) is 1. The number of hydrogen-bond donors (Lipinski definition) is 1. The van der Waals surface area contributed by atoms with Crippen LogP contribution < -0.4 is 10.1 Å². The lowest BCUT2D eigenvalue weighted by Gasteiger charge is -2.31. The number of halogens is 1. The van der Waals surface area contributed by atoms with Crippen molar-refractivity contribution in [2.75, 3.05) is 7.11 Å². The van der Waals surface area contributed by atoms with Gasteiger partial charge in [-0.15, -0.1) is 0 Å². The summed E-state index contributed by atoms with van der Waals surface area (Å²) in [5.41, 5.74) is 1.39. The lowest BCUT2D eigenvalue weighted by atomic mass is 10.1. The molecule has 0 spiro atoms. The Kier molecular flexibility index (Phi) is 7.68. The fourth-order valence-electron chi connectivity index (χ4n) is 2.86. The van der Waals surface area contributed by atoms with E-state index in [2.05, 4.69) is 5.32 Å². The number of methoxy groups -OCH3 is 1. The average molecular weight is 417 g/mol. The molecule has 0 saturated heterocycles. The van der Waals surface area contributed by atoms with Crippen LogP contribution in [-0.2, 0) is 22.6 Å². The van der Waals surface area contributed by atoms with Gasteiger partial charge in [0.25, 0.3) is 0 Å². The third-order valence-corrected chi connectivity index (χ3v) is 4.70. The van der Waals surface area contributed by atoms with E-state index in [-0.39, 0.29) is 23.8 Å². The Morgan fingerprint density at radius 1 is 1.03 bits per heavy atom. The summed E-state index contributed by atoms with van der Waals surface area (Å²) < 4.78 is 5.20. The van der Waals surface area contributed by atoms with E-state index in [0.717, 1.165) is 16.9 Å². The van der Waals surface area contributed by atoms with Gasteiger partial charge in [0.1, 0.15) is 11.8 Å². The fraction of sp³-hybridized carbons (Fsp3) is 0.391. The van der Waals surface area contributed by atoms with Gasteiger partial charge in [-0.1, -0.05) is 35.9 Å². The first kappa shape index (κ1) is 22.8. The van der Waals surface area contributed by atoms with Crippen molar-refractivity contribution >= 4 is 23.4 Å². The summed E-state index contributed by atoms with van der Waals surface area (Å²) in [6.07, 6.45) is 0.195. The molecule has 0 aliphatic rings. The molecule has 2 aromatic carbocycles. The third kappa shape index (κ3) is 7.09. The molecular weight excluding hydrogens is 388 g/mol. The van der Waals surface area contributed by atoms with E-state index in [1.165, 1.54) is 0 Å². The van der Waals surface area contributed by atoms with Crippen LogP contribution in [-0.4, -0.2) is 35.4 Å². The smallest absolute Gasteiger partial charge is 0.242 e. The van der Waals surface area contributed by atoms with Crippen molar-refractivity contribution in [2.24, 2.45) is 0 Å². The van der Waals surface area contributed by atoms with Gasteiger partial charge in [0.05, 0.1) is 13.5 Å². The Morgan fingerprint density at radius 3 is 2.10 bits per heavy atom. The highest BCUT2D eigenvalue weighted by atomic mass is 35.5. The van der Waals surface area contributed by atoms with E-state index >= 15 is 0 Å². The monoisotopic (exact) mass is 416 g/mol. The first-order valence-corrected chi connectivity index (χ1v) is 9.96. The predicted molar refractivity (Wildman–Crippen MR) is 116 cm³/mol. The van der Waals surface area contributed by atoms with Gasteiger partial charge in [-0.3, -0.25) is 9.59 Å². The van der Waals surface area contributed by atoms with Crippen molar-refractivity contribution in [3.8, 4) is 5.75 Å². The number of carbonyl (C=O) groups excluding carboxylic acids is 2. The highest BCUT2D eigenvalue weighted by molar-refractivity contribution is 6.30. The molecule has 0 aliphatic carbocycles. The van der Waals surface area contributed by atoms with Crippen molar-refractivity contribution in [2.45, 2.75) is 52.2 Å². The Bertz CT molecular complexity index is 827. The molecular formula is C23H29ClN2O3. The molecule has 0 heterocycles. The van der Waals surface area contributed by atoms with Crippen LogP contribution in [0.1, 0.15) is 38.8 Å². The maximum absolute atomic E-state index is 13.1. The zero-order chi connectivity index (χ0) is 21.6. The molecule has 1 atom stereocenters. The first-order chi connectivity index (χ1) is 13.6. The van der Waals surface area contributed by atoms with Gasteiger partial charge in [-0.05, 0) is 63.1 Å². The molecule has 5 nitrogen and oxygen atoms in total. The molecule has 2 amide bonds. The highest BCUT2D eigenvalue weighted by Crippen LogP contribution is 2.17. The molecule has 0 fully saturated rings. The largest absolute Gasteiger partial charge is 0.497 e. The molecule has 0 radical (unpaired) electrons. The maximum Gasteiger partial charge on any atom is 0.242 e. The van der Waals surface area contributed by atoms with Gasteiger partial charge in [0.15, 0.2) is 0 Å². The third-order valence-electron chi connectivity index (χ3n) is 4.45. The summed E-state index contributed by atoms with van der Waals surface area (Å²) in [7, 11) is 1.61. The lowest BCUT2D eigenvalue weighted by Crippen LogP contribution is -2.52. The second kappa shape index (κ2) is 9.79. The number of hydrogen-bond acceptors (Lipinski definition) is 3. The zero-order valence-corrected chi connectivity index (χ0v) is 18.4. The summed E-state index contributed by atoms with van der Waals surface area (Å²) in [6.45, 7) is 7.84. The van der Waals surface area contributed by atoms with Gasteiger partial charge in [-0.25, -0.2) is 0 Å². The molecule has 0 aromatic heterocycles. The molecule has 29 heavy (non-hydrogen) atoms. The number of nitrogens with zero attached hydrogens (tertiary/aromatic N) is 1. The summed E-state index contributed by atoms with van der Waals surface area (Å²) in [5, 5.41) is 3.58. The number of carbonyl (C=O) groups is 2. The van der Waals surface area contributed by atoms with Gasteiger partial charge in [-0.2, -0.15) is 0 Å². The summed E-state index contributed by atoms with van der Waals surface area (Å²) in [5.74, 6) is 0.432. The maximum atomic E-state index is 13.1. The average Bonchev–Trinajstić information content (AvgIpc) is 2.66. The van der Waals surface area contributed by atoms with Crippen LogP contribution in [0, 0.1) is 0 Å². The Balaban J connectivity index is 2.23. The number of ether oxygens (including phenoxy) is 1. The SMILES string of the molecule is COc1ccc(CN(C(=O)Cc2ccc(Cl)cc2)[C@@H](C)C(=O)NC(C)(C)C)cc1. The first-order valence-electron chi connectivity index (χ1n) is 9.58. The van der Waals surface area contributed by atoms with Crippen LogP contribution >= 0.6 is 11.6 Å². The summed E-state index contributed by atoms with van der Waals surface area (Å²) in [4.78, 5) is 27.5. The molecule has 156 valence electrons. The minimum atomic E-state index is -0.615. The minimum Gasteiger partial charge on any atom is -0.497 e. The lowest BCUT2D eigenvalue weighted by molar-refractivity contribution is -0.140. The second-order valence-electron chi connectivity index (χ2n) is 8.09. The molecule has 1 N–H and O–H groups in total. The number of benzene rings is 2. The molecule has 0 bridgehead atoms. The quantitative estimate of drug-likeness (QED) is 0.735. The van der Waals surface area contributed by atoms with Crippen LogP contribution in [0.5, 0.6) is 5.75 Å².